The van der Waals surface area contributed by atoms with Gasteiger partial charge in [-0.2, -0.15) is 0 Å². The van der Waals surface area contributed by atoms with Gasteiger partial charge in [-0.1, -0.05) is 13.8 Å². The van der Waals surface area contributed by atoms with E-state index in [1.54, 1.807) is 6.07 Å². The predicted octanol–water partition coefficient (Wildman–Crippen LogP) is 1.81. The number of aliphatic hydroxyl groups excluding tert-OH is 1. The third kappa shape index (κ3) is 4.06. The van der Waals surface area contributed by atoms with Crippen molar-refractivity contribution in [1.29, 1.82) is 0 Å². The molecule has 4 nitrogen and oxygen atoms in total. The first-order valence-corrected chi connectivity index (χ1v) is 5.46. The molecule has 0 bridgehead atoms. The van der Waals surface area contributed by atoms with E-state index < -0.39 is 0 Å². The average molecular weight is 225 g/mol. The Morgan fingerprint density at radius 1 is 1.56 bits per heavy atom. The Morgan fingerprint density at radius 2 is 2.31 bits per heavy atom. The van der Waals surface area contributed by atoms with Crippen LogP contribution in [0.25, 0.3) is 0 Å². The second-order valence-electron chi connectivity index (χ2n) is 4.69. The molecular formula is C12H19NO3. The number of carbonyl (C=O) groups is 1. The zero-order valence-corrected chi connectivity index (χ0v) is 9.82. The lowest BCUT2D eigenvalue weighted by Crippen LogP contribution is -2.33. The summed E-state index contributed by atoms with van der Waals surface area (Å²) in [6.45, 7) is 4.92. The highest BCUT2D eigenvalue weighted by Gasteiger charge is 2.18. The van der Waals surface area contributed by atoms with Crippen molar-refractivity contribution in [2.75, 3.05) is 13.2 Å². The molecular weight excluding hydrogens is 206 g/mol. The quantitative estimate of drug-likeness (QED) is 0.776. The van der Waals surface area contributed by atoms with Gasteiger partial charge in [0.1, 0.15) is 6.26 Å². The monoisotopic (exact) mass is 225 g/mol. The van der Waals surface area contributed by atoms with Crippen molar-refractivity contribution in [2.45, 2.75) is 26.7 Å². The van der Waals surface area contributed by atoms with Gasteiger partial charge in [0.25, 0.3) is 5.91 Å². The Labute approximate surface area is 95.7 Å². The van der Waals surface area contributed by atoms with Crippen LogP contribution in [0.15, 0.2) is 23.0 Å². The standard InChI is InChI=1S/C12H19NO3/c1-12(2,5-3-6-14)9-13-11(15)10-4-7-16-8-10/h4,7-8,14H,3,5-6,9H2,1-2H3,(H,13,15). The molecule has 0 unspecified atom stereocenters. The van der Waals surface area contributed by atoms with Crippen molar-refractivity contribution in [3.05, 3.63) is 24.2 Å². The molecule has 0 aliphatic carbocycles. The van der Waals surface area contributed by atoms with Crippen LogP contribution >= 0.6 is 0 Å². The summed E-state index contributed by atoms with van der Waals surface area (Å²) < 4.78 is 4.84. The zero-order chi connectivity index (χ0) is 12.0. The van der Waals surface area contributed by atoms with Gasteiger partial charge < -0.3 is 14.8 Å². The Kier molecular flexibility index (Phi) is 4.55. The molecule has 0 aliphatic heterocycles. The van der Waals surface area contributed by atoms with Crippen LogP contribution in [0.4, 0.5) is 0 Å². The van der Waals surface area contributed by atoms with E-state index in [1.165, 1.54) is 12.5 Å². The summed E-state index contributed by atoms with van der Waals surface area (Å²) in [4.78, 5) is 11.6. The summed E-state index contributed by atoms with van der Waals surface area (Å²) >= 11 is 0. The minimum atomic E-state index is -0.120. The van der Waals surface area contributed by atoms with Crippen molar-refractivity contribution in [3.63, 3.8) is 0 Å². The number of rotatable bonds is 6. The van der Waals surface area contributed by atoms with E-state index in [9.17, 15) is 4.79 Å². The van der Waals surface area contributed by atoms with E-state index in [4.69, 9.17) is 9.52 Å². The first-order valence-electron chi connectivity index (χ1n) is 5.46. The molecule has 0 saturated heterocycles. The van der Waals surface area contributed by atoms with Crippen LogP contribution in [-0.4, -0.2) is 24.2 Å². The van der Waals surface area contributed by atoms with Crippen LogP contribution in [0.5, 0.6) is 0 Å². The van der Waals surface area contributed by atoms with Crippen molar-refractivity contribution in [3.8, 4) is 0 Å². The highest BCUT2D eigenvalue weighted by molar-refractivity contribution is 5.93. The van der Waals surface area contributed by atoms with Gasteiger partial charge in [0.2, 0.25) is 0 Å². The highest BCUT2D eigenvalue weighted by Crippen LogP contribution is 2.20. The fraction of sp³-hybridized carbons (Fsp3) is 0.583. The largest absolute Gasteiger partial charge is 0.472 e. The Morgan fingerprint density at radius 3 is 2.88 bits per heavy atom. The molecule has 0 atom stereocenters. The van der Waals surface area contributed by atoms with Crippen LogP contribution in [-0.2, 0) is 0 Å². The molecule has 4 heteroatoms. The molecule has 0 spiro atoms. The Hall–Kier alpha value is -1.29. The number of nitrogens with one attached hydrogen (secondary N) is 1. The molecule has 1 amide bonds. The Bertz CT molecular complexity index is 317. The lowest BCUT2D eigenvalue weighted by atomic mass is 9.88. The number of furan rings is 1. The van der Waals surface area contributed by atoms with Crippen molar-refractivity contribution < 1.29 is 14.3 Å². The summed E-state index contributed by atoms with van der Waals surface area (Å²) in [7, 11) is 0. The zero-order valence-electron chi connectivity index (χ0n) is 9.82. The molecule has 1 heterocycles. The van der Waals surface area contributed by atoms with Crippen LogP contribution in [0.1, 0.15) is 37.0 Å². The normalized spacial score (nSPS) is 11.4. The smallest absolute Gasteiger partial charge is 0.254 e. The molecule has 0 radical (unpaired) electrons. The maximum absolute atomic E-state index is 11.6. The third-order valence-electron chi connectivity index (χ3n) is 2.52. The van der Waals surface area contributed by atoms with Crippen LogP contribution in [0.2, 0.25) is 0 Å². The van der Waals surface area contributed by atoms with E-state index >= 15 is 0 Å². The first-order chi connectivity index (χ1) is 7.55. The van der Waals surface area contributed by atoms with Crippen LogP contribution in [0, 0.1) is 5.41 Å². The number of hydrogen-bond acceptors (Lipinski definition) is 3. The van der Waals surface area contributed by atoms with Crippen LogP contribution < -0.4 is 5.32 Å². The number of aliphatic hydroxyl groups is 1. The fourth-order valence-corrected chi connectivity index (χ4v) is 1.46. The SMILES string of the molecule is CC(C)(CCCO)CNC(=O)c1ccoc1. The minimum absolute atomic E-state index is 0.00211. The van der Waals surface area contributed by atoms with Gasteiger partial charge in [-0.05, 0) is 24.3 Å². The molecule has 0 saturated carbocycles. The van der Waals surface area contributed by atoms with Gasteiger partial charge in [0.15, 0.2) is 0 Å². The van der Waals surface area contributed by atoms with Crippen molar-refractivity contribution in [1.82, 2.24) is 5.32 Å². The van der Waals surface area contributed by atoms with Gasteiger partial charge in [-0.15, -0.1) is 0 Å². The third-order valence-corrected chi connectivity index (χ3v) is 2.52. The number of amides is 1. The summed E-state index contributed by atoms with van der Waals surface area (Å²) in [5, 5.41) is 11.6. The molecule has 1 rings (SSSR count). The van der Waals surface area contributed by atoms with E-state index in [1.807, 2.05) is 0 Å². The highest BCUT2D eigenvalue weighted by atomic mass is 16.3. The summed E-state index contributed by atoms with van der Waals surface area (Å²) in [6.07, 6.45) is 4.55. The van der Waals surface area contributed by atoms with E-state index in [0.717, 1.165) is 12.8 Å². The van der Waals surface area contributed by atoms with Gasteiger partial charge in [-0.3, -0.25) is 4.79 Å². The molecule has 90 valence electrons. The first kappa shape index (κ1) is 12.8. The van der Waals surface area contributed by atoms with Gasteiger partial charge >= 0.3 is 0 Å². The maximum Gasteiger partial charge on any atom is 0.254 e. The molecule has 0 fully saturated rings. The summed E-state index contributed by atoms with van der Waals surface area (Å²) in [6, 6.07) is 1.63. The molecule has 16 heavy (non-hydrogen) atoms. The van der Waals surface area contributed by atoms with E-state index in [0.29, 0.717) is 12.1 Å². The van der Waals surface area contributed by atoms with E-state index in [2.05, 4.69) is 19.2 Å². The molecule has 0 aromatic carbocycles. The van der Waals surface area contributed by atoms with Gasteiger partial charge in [-0.25, -0.2) is 0 Å². The predicted molar refractivity (Wildman–Crippen MR) is 61.1 cm³/mol. The number of carbonyl (C=O) groups excluding carboxylic acids is 1. The van der Waals surface area contributed by atoms with Crippen LogP contribution in [0.3, 0.4) is 0 Å². The van der Waals surface area contributed by atoms with Gasteiger partial charge in [0, 0.05) is 13.2 Å². The molecule has 1 aromatic heterocycles. The summed E-state index contributed by atoms with van der Waals surface area (Å²) in [5.74, 6) is -0.120. The lowest BCUT2D eigenvalue weighted by Gasteiger charge is -2.24. The van der Waals surface area contributed by atoms with Gasteiger partial charge in [0.05, 0.1) is 11.8 Å². The average Bonchev–Trinajstić information content (AvgIpc) is 2.77. The maximum atomic E-state index is 11.6. The molecule has 0 aliphatic rings. The molecule has 2 N–H and O–H groups in total. The lowest BCUT2D eigenvalue weighted by molar-refractivity contribution is 0.0932. The minimum Gasteiger partial charge on any atom is -0.472 e. The van der Waals surface area contributed by atoms with E-state index in [-0.39, 0.29) is 17.9 Å². The second-order valence-corrected chi connectivity index (χ2v) is 4.69. The Balaban J connectivity index is 2.36. The molecule has 1 aromatic rings. The van der Waals surface area contributed by atoms with Crippen molar-refractivity contribution in [2.24, 2.45) is 5.41 Å². The summed E-state index contributed by atoms with van der Waals surface area (Å²) in [5.41, 5.74) is 0.542. The fourth-order valence-electron chi connectivity index (χ4n) is 1.46. The van der Waals surface area contributed by atoms with Crippen molar-refractivity contribution >= 4 is 5.91 Å². The second kappa shape index (κ2) is 5.70. The topological polar surface area (TPSA) is 62.5 Å². The number of hydrogen-bond donors (Lipinski definition) is 2.